The monoisotopic (exact) mass is 345 g/mol. The molecular weight excluding hydrogens is 330 g/mol. The first kappa shape index (κ1) is 17.5. The standard InChI is InChI=1S/C17H16ClN3O3/c1-24-15-7-5-13(6-8-15)17(23)19-11-16(22)21-20-10-12-3-2-4-14(18)9-12/h2-10H,11H2,1H3,(H,19,23)(H,21,22). The second kappa shape index (κ2) is 8.69. The highest BCUT2D eigenvalue weighted by Crippen LogP contribution is 2.11. The lowest BCUT2D eigenvalue weighted by Crippen LogP contribution is -2.34. The second-order valence-electron chi connectivity index (χ2n) is 4.76. The summed E-state index contributed by atoms with van der Waals surface area (Å²) in [5.74, 6) is -0.138. The van der Waals surface area contributed by atoms with Gasteiger partial charge in [-0.05, 0) is 42.0 Å². The van der Waals surface area contributed by atoms with Gasteiger partial charge in [0, 0.05) is 10.6 Å². The molecule has 24 heavy (non-hydrogen) atoms. The van der Waals surface area contributed by atoms with Crippen LogP contribution in [0.25, 0.3) is 0 Å². The van der Waals surface area contributed by atoms with Crippen LogP contribution in [0.2, 0.25) is 5.02 Å². The maximum Gasteiger partial charge on any atom is 0.259 e. The number of nitrogens with zero attached hydrogens (tertiary/aromatic N) is 1. The molecule has 0 radical (unpaired) electrons. The Hall–Kier alpha value is -2.86. The summed E-state index contributed by atoms with van der Waals surface area (Å²) in [6, 6.07) is 13.6. The van der Waals surface area contributed by atoms with Gasteiger partial charge in [-0.25, -0.2) is 5.43 Å². The Labute approximate surface area is 144 Å². The van der Waals surface area contributed by atoms with Crippen LogP contribution in [-0.4, -0.2) is 31.7 Å². The van der Waals surface area contributed by atoms with Crippen LogP contribution in [-0.2, 0) is 4.79 Å². The van der Waals surface area contributed by atoms with Crippen molar-refractivity contribution in [3.05, 3.63) is 64.7 Å². The molecule has 6 nitrogen and oxygen atoms in total. The van der Waals surface area contributed by atoms with Crippen molar-refractivity contribution >= 4 is 29.6 Å². The lowest BCUT2D eigenvalue weighted by molar-refractivity contribution is -0.120. The number of carbonyl (C=O) groups excluding carboxylic acids is 2. The van der Waals surface area contributed by atoms with Gasteiger partial charge >= 0.3 is 0 Å². The molecule has 0 saturated heterocycles. The Morgan fingerprint density at radius 2 is 1.96 bits per heavy atom. The molecule has 0 fully saturated rings. The van der Waals surface area contributed by atoms with Gasteiger partial charge in [-0.2, -0.15) is 5.10 Å². The highest BCUT2D eigenvalue weighted by atomic mass is 35.5. The van der Waals surface area contributed by atoms with Crippen LogP contribution < -0.4 is 15.5 Å². The van der Waals surface area contributed by atoms with E-state index >= 15 is 0 Å². The average Bonchev–Trinajstić information content (AvgIpc) is 2.60. The van der Waals surface area contributed by atoms with Crippen LogP contribution in [0.4, 0.5) is 0 Å². The highest BCUT2D eigenvalue weighted by molar-refractivity contribution is 6.30. The molecule has 0 atom stereocenters. The van der Waals surface area contributed by atoms with Gasteiger partial charge in [0.1, 0.15) is 5.75 Å². The van der Waals surface area contributed by atoms with E-state index < -0.39 is 5.91 Å². The number of hydrazone groups is 1. The zero-order valence-electron chi connectivity index (χ0n) is 13.0. The fraction of sp³-hybridized carbons (Fsp3) is 0.118. The lowest BCUT2D eigenvalue weighted by Gasteiger charge is -2.05. The van der Waals surface area contributed by atoms with Crippen LogP contribution in [0.3, 0.4) is 0 Å². The van der Waals surface area contributed by atoms with E-state index in [-0.39, 0.29) is 12.5 Å². The first-order chi connectivity index (χ1) is 11.6. The van der Waals surface area contributed by atoms with E-state index in [1.165, 1.54) is 6.21 Å². The van der Waals surface area contributed by atoms with Crippen molar-refractivity contribution in [2.75, 3.05) is 13.7 Å². The van der Waals surface area contributed by atoms with Crippen LogP contribution >= 0.6 is 11.6 Å². The number of amides is 2. The number of rotatable bonds is 6. The molecule has 0 aliphatic heterocycles. The van der Waals surface area contributed by atoms with Crippen molar-refractivity contribution in [3.63, 3.8) is 0 Å². The van der Waals surface area contributed by atoms with Crippen LogP contribution in [0, 0.1) is 0 Å². The molecule has 7 heteroatoms. The zero-order chi connectivity index (χ0) is 17.4. The third-order valence-electron chi connectivity index (χ3n) is 3.01. The van der Waals surface area contributed by atoms with Crippen molar-refractivity contribution in [2.24, 2.45) is 5.10 Å². The molecule has 0 aromatic heterocycles. The predicted octanol–water partition coefficient (Wildman–Crippen LogP) is 2.23. The van der Waals surface area contributed by atoms with E-state index in [2.05, 4.69) is 15.8 Å². The Morgan fingerprint density at radius 3 is 2.62 bits per heavy atom. The highest BCUT2D eigenvalue weighted by Gasteiger charge is 2.07. The van der Waals surface area contributed by atoms with E-state index in [4.69, 9.17) is 16.3 Å². The SMILES string of the molecule is COc1ccc(C(=O)NCC(=O)NN=Cc2cccc(Cl)c2)cc1. The molecule has 0 saturated carbocycles. The number of ether oxygens (including phenoxy) is 1. The Kier molecular flexibility index (Phi) is 6.33. The summed E-state index contributed by atoms with van der Waals surface area (Å²) in [7, 11) is 1.54. The third-order valence-corrected chi connectivity index (χ3v) is 3.25. The molecule has 124 valence electrons. The maximum absolute atomic E-state index is 11.9. The van der Waals surface area contributed by atoms with E-state index in [0.29, 0.717) is 16.3 Å². The number of methoxy groups -OCH3 is 1. The normalized spacial score (nSPS) is 10.4. The zero-order valence-corrected chi connectivity index (χ0v) is 13.7. The molecule has 0 bridgehead atoms. The maximum atomic E-state index is 11.9. The van der Waals surface area contributed by atoms with Crippen LogP contribution in [0.5, 0.6) is 5.75 Å². The fourth-order valence-corrected chi connectivity index (χ4v) is 2.01. The number of halogens is 1. The van der Waals surface area contributed by atoms with Crippen molar-refractivity contribution in [3.8, 4) is 5.75 Å². The summed E-state index contributed by atoms with van der Waals surface area (Å²) >= 11 is 5.84. The number of nitrogens with one attached hydrogen (secondary N) is 2. The summed E-state index contributed by atoms with van der Waals surface area (Å²) in [4.78, 5) is 23.5. The molecule has 0 aliphatic carbocycles. The first-order valence-corrected chi connectivity index (χ1v) is 7.46. The summed E-state index contributed by atoms with van der Waals surface area (Å²) in [6.45, 7) is -0.183. The summed E-state index contributed by atoms with van der Waals surface area (Å²) in [5.41, 5.74) is 3.52. The minimum atomic E-state index is -0.435. The van der Waals surface area contributed by atoms with Gasteiger partial charge in [0.15, 0.2) is 0 Å². The number of benzene rings is 2. The minimum absolute atomic E-state index is 0.183. The lowest BCUT2D eigenvalue weighted by atomic mass is 10.2. The number of hydrogen-bond donors (Lipinski definition) is 2. The van der Waals surface area contributed by atoms with Crippen LogP contribution in [0.15, 0.2) is 53.6 Å². The topological polar surface area (TPSA) is 79.8 Å². The second-order valence-corrected chi connectivity index (χ2v) is 5.20. The molecular formula is C17H16ClN3O3. The fourth-order valence-electron chi connectivity index (χ4n) is 1.81. The Morgan fingerprint density at radius 1 is 1.21 bits per heavy atom. The number of carbonyl (C=O) groups is 2. The summed E-state index contributed by atoms with van der Waals surface area (Å²) < 4.78 is 5.02. The van der Waals surface area contributed by atoms with Gasteiger partial charge in [-0.3, -0.25) is 9.59 Å². The average molecular weight is 346 g/mol. The van der Waals surface area contributed by atoms with E-state index in [1.54, 1.807) is 55.6 Å². The smallest absolute Gasteiger partial charge is 0.259 e. The Balaban J connectivity index is 1.78. The number of hydrogen-bond acceptors (Lipinski definition) is 4. The minimum Gasteiger partial charge on any atom is -0.497 e. The van der Waals surface area contributed by atoms with E-state index in [9.17, 15) is 9.59 Å². The molecule has 2 N–H and O–H groups in total. The molecule has 2 amide bonds. The van der Waals surface area contributed by atoms with Gasteiger partial charge in [0.2, 0.25) is 0 Å². The summed E-state index contributed by atoms with van der Waals surface area (Å²) in [5, 5.41) is 6.89. The molecule has 2 aromatic carbocycles. The van der Waals surface area contributed by atoms with Crippen molar-refractivity contribution in [1.82, 2.24) is 10.7 Å². The summed E-state index contributed by atoms with van der Waals surface area (Å²) in [6.07, 6.45) is 1.47. The van der Waals surface area contributed by atoms with E-state index in [0.717, 1.165) is 5.56 Å². The van der Waals surface area contributed by atoms with Gasteiger partial charge in [-0.15, -0.1) is 0 Å². The largest absolute Gasteiger partial charge is 0.497 e. The molecule has 0 unspecified atom stereocenters. The van der Waals surface area contributed by atoms with Gasteiger partial charge in [0.25, 0.3) is 11.8 Å². The molecule has 0 aliphatic rings. The van der Waals surface area contributed by atoms with Crippen molar-refractivity contribution < 1.29 is 14.3 Å². The molecule has 0 spiro atoms. The Bertz CT molecular complexity index is 745. The van der Waals surface area contributed by atoms with Gasteiger partial charge in [0.05, 0.1) is 19.9 Å². The predicted molar refractivity (Wildman–Crippen MR) is 92.5 cm³/mol. The van der Waals surface area contributed by atoms with Gasteiger partial charge < -0.3 is 10.1 Å². The molecule has 2 aromatic rings. The third kappa shape index (κ3) is 5.40. The van der Waals surface area contributed by atoms with Crippen molar-refractivity contribution in [1.29, 1.82) is 0 Å². The molecule has 0 heterocycles. The first-order valence-electron chi connectivity index (χ1n) is 7.08. The van der Waals surface area contributed by atoms with Crippen molar-refractivity contribution in [2.45, 2.75) is 0 Å². The van der Waals surface area contributed by atoms with Gasteiger partial charge in [-0.1, -0.05) is 23.7 Å². The van der Waals surface area contributed by atoms with Crippen LogP contribution in [0.1, 0.15) is 15.9 Å². The van der Waals surface area contributed by atoms with E-state index in [1.807, 2.05) is 0 Å². The quantitative estimate of drug-likeness (QED) is 0.622. The molecule has 2 rings (SSSR count).